The van der Waals surface area contributed by atoms with Gasteiger partial charge in [-0.15, -0.1) is 0 Å². The summed E-state index contributed by atoms with van der Waals surface area (Å²) in [4.78, 5) is 11.9. The molecule has 0 aliphatic carbocycles. The molecule has 0 bridgehead atoms. The molecule has 2 aromatic carbocycles. The molecule has 0 saturated heterocycles. The van der Waals surface area contributed by atoms with Gasteiger partial charge in [-0.1, -0.05) is 12.1 Å². The van der Waals surface area contributed by atoms with E-state index >= 15 is 0 Å². The molecule has 5 heteroatoms. The Kier molecular flexibility index (Phi) is 4.93. The largest absolute Gasteiger partial charge is 0.484 e. The highest BCUT2D eigenvalue weighted by Crippen LogP contribution is 2.25. The van der Waals surface area contributed by atoms with Gasteiger partial charge in [0.1, 0.15) is 11.6 Å². The molecule has 19 heavy (non-hydrogen) atoms. The molecular weight excluding hydrogens is 426 g/mol. The first-order chi connectivity index (χ1) is 9.06. The molecule has 0 atom stereocenters. The highest BCUT2D eigenvalue weighted by Gasteiger charge is 2.08. The molecule has 0 saturated carbocycles. The fourth-order valence-corrected chi connectivity index (χ4v) is 2.28. The van der Waals surface area contributed by atoms with E-state index < -0.39 is 0 Å². The van der Waals surface area contributed by atoms with E-state index in [1.54, 1.807) is 12.1 Å². The molecule has 0 heterocycles. The summed E-state index contributed by atoms with van der Waals surface area (Å²) < 4.78 is 19.8. The van der Waals surface area contributed by atoms with Crippen LogP contribution in [0.15, 0.2) is 46.9 Å². The van der Waals surface area contributed by atoms with E-state index in [0.29, 0.717) is 15.8 Å². The number of Topliss-reactive ketones (excluding diaryl/α,β-unsaturated/α-hetero) is 1. The number of ether oxygens (including phenoxy) is 1. The summed E-state index contributed by atoms with van der Waals surface area (Å²) in [5.74, 6) is -0.0314. The summed E-state index contributed by atoms with van der Waals surface area (Å²) in [6, 6.07) is 11.3. The quantitative estimate of drug-likeness (QED) is 0.524. The molecule has 98 valence electrons. The average Bonchev–Trinajstić information content (AvgIpc) is 2.38. The molecule has 2 aromatic rings. The summed E-state index contributed by atoms with van der Waals surface area (Å²) in [6.45, 7) is -0.0785. The normalized spacial score (nSPS) is 10.3. The van der Waals surface area contributed by atoms with Crippen LogP contribution < -0.4 is 4.74 Å². The van der Waals surface area contributed by atoms with Crippen LogP contribution in [0.25, 0.3) is 0 Å². The van der Waals surface area contributed by atoms with Crippen molar-refractivity contribution in [1.82, 2.24) is 0 Å². The van der Waals surface area contributed by atoms with Gasteiger partial charge in [-0.25, -0.2) is 4.39 Å². The van der Waals surface area contributed by atoms with Crippen molar-refractivity contribution < 1.29 is 13.9 Å². The lowest BCUT2D eigenvalue weighted by Crippen LogP contribution is -2.11. The van der Waals surface area contributed by atoms with Gasteiger partial charge in [-0.2, -0.15) is 0 Å². The van der Waals surface area contributed by atoms with Gasteiger partial charge in [0.05, 0.1) is 4.47 Å². The maximum atomic E-state index is 12.9. The van der Waals surface area contributed by atoms with Crippen molar-refractivity contribution in [1.29, 1.82) is 0 Å². The first kappa shape index (κ1) is 14.5. The van der Waals surface area contributed by atoms with Crippen LogP contribution >= 0.6 is 38.5 Å². The lowest BCUT2D eigenvalue weighted by atomic mass is 10.1. The summed E-state index contributed by atoms with van der Waals surface area (Å²) in [7, 11) is 0. The number of hydrogen-bond acceptors (Lipinski definition) is 2. The van der Waals surface area contributed by atoms with E-state index in [4.69, 9.17) is 4.74 Å². The average molecular weight is 435 g/mol. The molecule has 0 aliphatic rings. The van der Waals surface area contributed by atoms with Gasteiger partial charge in [0.15, 0.2) is 12.4 Å². The monoisotopic (exact) mass is 434 g/mol. The fraction of sp³-hybridized carbons (Fsp3) is 0.0714. The van der Waals surface area contributed by atoms with Crippen molar-refractivity contribution in [2.75, 3.05) is 6.61 Å². The van der Waals surface area contributed by atoms with Gasteiger partial charge >= 0.3 is 0 Å². The van der Waals surface area contributed by atoms with Gasteiger partial charge in [-0.3, -0.25) is 4.79 Å². The van der Waals surface area contributed by atoms with E-state index in [0.717, 1.165) is 3.57 Å². The Morgan fingerprint density at radius 2 is 1.89 bits per heavy atom. The lowest BCUT2D eigenvalue weighted by molar-refractivity contribution is 0.0921. The Labute approximate surface area is 132 Å². The van der Waals surface area contributed by atoms with Gasteiger partial charge in [0.25, 0.3) is 0 Å². The number of carbonyl (C=O) groups is 1. The number of rotatable bonds is 4. The zero-order valence-corrected chi connectivity index (χ0v) is 13.4. The molecule has 0 aromatic heterocycles. The molecule has 0 unspecified atom stereocenters. The van der Waals surface area contributed by atoms with Crippen LogP contribution in [0.3, 0.4) is 0 Å². The summed E-state index contributed by atoms with van der Waals surface area (Å²) in [6.07, 6.45) is 0. The second-order valence-corrected chi connectivity index (χ2v) is 5.89. The number of ketones is 1. The molecule has 0 aliphatic heterocycles. The second kappa shape index (κ2) is 6.47. The fourth-order valence-electron chi connectivity index (χ4n) is 1.45. The SMILES string of the molecule is O=C(COc1ccc(F)cc1Br)c1ccc(I)cc1. The molecule has 0 spiro atoms. The molecular formula is C14H9BrFIO2. The van der Waals surface area contributed by atoms with Crippen LogP contribution in [-0.2, 0) is 0 Å². The molecule has 0 fully saturated rings. The van der Waals surface area contributed by atoms with Gasteiger partial charge < -0.3 is 4.74 Å². The molecule has 0 radical (unpaired) electrons. The van der Waals surface area contributed by atoms with E-state index in [1.807, 2.05) is 12.1 Å². The van der Waals surface area contributed by atoms with Crippen LogP contribution in [0.4, 0.5) is 4.39 Å². The van der Waals surface area contributed by atoms with Crippen molar-refractivity contribution in [3.63, 3.8) is 0 Å². The zero-order chi connectivity index (χ0) is 13.8. The standard InChI is InChI=1S/C14H9BrFIO2/c15-12-7-10(16)3-6-14(12)19-8-13(18)9-1-4-11(17)5-2-9/h1-7H,8H2. The van der Waals surface area contributed by atoms with Crippen LogP contribution in [0, 0.1) is 9.39 Å². The summed E-state index contributed by atoms with van der Waals surface area (Å²) in [5.41, 5.74) is 0.596. The van der Waals surface area contributed by atoms with Crippen LogP contribution in [0.1, 0.15) is 10.4 Å². The minimum Gasteiger partial charge on any atom is -0.484 e. The zero-order valence-electron chi connectivity index (χ0n) is 9.70. The highest BCUT2D eigenvalue weighted by atomic mass is 127. The summed E-state index contributed by atoms with van der Waals surface area (Å²) in [5, 5.41) is 0. The number of benzene rings is 2. The Balaban J connectivity index is 2.02. The van der Waals surface area contributed by atoms with Crippen LogP contribution in [0.2, 0.25) is 0 Å². The molecule has 2 nitrogen and oxygen atoms in total. The number of halogens is 3. The van der Waals surface area contributed by atoms with E-state index in [1.165, 1.54) is 18.2 Å². The van der Waals surface area contributed by atoms with E-state index in [9.17, 15) is 9.18 Å². The van der Waals surface area contributed by atoms with Crippen molar-refractivity contribution in [2.24, 2.45) is 0 Å². The first-order valence-corrected chi connectivity index (χ1v) is 7.30. The van der Waals surface area contributed by atoms with Gasteiger partial charge in [0.2, 0.25) is 0 Å². The first-order valence-electron chi connectivity index (χ1n) is 5.43. The Hall–Kier alpha value is -0.950. The second-order valence-electron chi connectivity index (χ2n) is 3.79. The topological polar surface area (TPSA) is 26.3 Å². The molecule has 0 amide bonds. The van der Waals surface area contributed by atoms with Gasteiger partial charge in [-0.05, 0) is 68.9 Å². The van der Waals surface area contributed by atoms with Crippen molar-refractivity contribution >= 4 is 44.3 Å². The lowest BCUT2D eigenvalue weighted by Gasteiger charge is -2.07. The number of hydrogen-bond donors (Lipinski definition) is 0. The third kappa shape index (κ3) is 4.01. The minimum absolute atomic E-state index is 0.0785. The minimum atomic E-state index is -0.358. The van der Waals surface area contributed by atoms with Crippen molar-refractivity contribution in [3.8, 4) is 5.75 Å². The van der Waals surface area contributed by atoms with Crippen molar-refractivity contribution in [3.05, 3.63) is 61.9 Å². The van der Waals surface area contributed by atoms with Crippen LogP contribution in [0.5, 0.6) is 5.75 Å². The smallest absolute Gasteiger partial charge is 0.200 e. The molecule has 0 N–H and O–H groups in total. The van der Waals surface area contributed by atoms with E-state index in [-0.39, 0.29) is 18.2 Å². The third-order valence-corrected chi connectivity index (χ3v) is 3.76. The predicted octanol–water partition coefficient (Wildman–Crippen LogP) is 4.45. The van der Waals surface area contributed by atoms with E-state index in [2.05, 4.69) is 38.5 Å². The highest BCUT2D eigenvalue weighted by molar-refractivity contribution is 14.1. The third-order valence-electron chi connectivity index (χ3n) is 2.42. The molecule has 2 rings (SSSR count). The number of carbonyl (C=O) groups excluding carboxylic acids is 1. The van der Waals surface area contributed by atoms with Crippen molar-refractivity contribution in [2.45, 2.75) is 0 Å². The maximum absolute atomic E-state index is 12.9. The predicted molar refractivity (Wildman–Crippen MR) is 83.1 cm³/mol. The summed E-state index contributed by atoms with van der Waals surface area (Å²) >= 11 is 5.36. The van der Waals surface area contributed by atoms with Gasteiger partial charge in [0, 0.05) is 9.13 Å². The Morgan fingerprint density at radius 1 is 1.21 bits per heavy atom. The van der Waals surface area contributed by atoms with Crippen LogP contribution in [-0.4, -0.2) is 12.4 Å². The Bertz CT molecular complexity index is 599. The maximum Gasteiger partial charge on any atom is 0.200 e. The Morgan fingerprint density at radius 3 is 2.53 bits per heavy atom.